The monoisotopic (exact) mass is 199 g/mol. The van der Waals surface area contributed by atoms with E-state index in [9.17, 15) is 4.79 Å². The van der Waals surface area contributed by atoms with E-state index in [1.165, 1.54) is 0 Å². The van der Waals surface area contributed by atoms with Crippen LogP contribution in [0.1, 0.15) is 27.2 Å². The average Bonchev–Trinajstić information content (AvgIpc) is 2.44. The fourth-order valence-electron chi connectivity index (χ4n) is 1.78. The first-order valence-electron chi connectivity index (χ1n) is 5.18. The van der Waals surface area contributed by atoms with Gasteiger partial charge in [-0.15, -0.1) is 0 Å². The van der Waals surface area contributed by atoms with Crippen LogP contribution in [-0.2, 0) is 0 Å². The summed E-state index contributed by atoms with van der Waals surface area (Å²) in [5.74, 6) is 0. The van der Waals surface area contributed by atoms with Gasteiger partial charge in [0.15, 0.2) is 0 Å². The highest BCUT2D eigenvalue weighted by atomic mass is 16.2. The van der Waals surface area contributed by atoms with E-state index in [0.717, 1.165) is 13.0 Å². The van der Waals surface area contributed by atoms with Crippen molar-refractivity contribution >= 4 is 6.03 Å². The van der Waals surface area contributed by atoms with E-state index in [1.807, 2.05) is 30.7 Å². The quantitative estimate of drug-likeness (QED) is 0.733. The van der Waals surface area contributed by atoms with Crippen LogP contribution in [0.4, 0.5) is 4.79 Å². The molecule has 0 aromatic heterocycles. The topological polar surface area (TPSA) is 49.6 Å². The van der Waals surface area contributed by atoms with Gasteiger partial charge in [-0.3, -0.25) is 0 Å². The lowest BCUT2D eigenvalue weighted by Crippen LogP contribution is -2.50. The minimum absolute atomic E-state index is 0.104. The van der Waals surface area contributed by atoms with E-state index < -0.39 is 0 Å². The van der Waals surface area contributed by atoms with Crippen molar-refractivity contribution < 1.29 is 4.79 Å². The third-order valence-corrected chi connectivity index (χ3v) is 3.18. The molecule has 4 nitrogen and oxygen atoms in total. The molecule has 82 valence electrons. The van der Waals surface area contributed by atoms with Crippen molar-refractivity contribution in [3.63, 3.8) is 0 Å². The Morgan fingerprint density at radius 2 is 2.14 bits per heavy atom. The summed E-state index contributed by atoms with van der Waals surface area (Å²) < 4.78 is 0. The van der Waals surface area contributed by atoms with Crippen LogP contribution < -0.4 is 5.73 Å². The van der Waals surface area contributed by atoms with Gasteiger partial charge in [-0.1, -0.05) is 6.92 Å². The van der Waals surface area contributed by atoms with E-state index in [4.69, 9.17) is 5.73 Å². The van der Waals surface area contributed by atoms with Crippen LogP contribution in [0.5, 0.6) is 0 Å². The van der Waals surface area contributed by atoms with E-state index >= 15 is 0 Å². The molecule has 0 bridgehead atoms. The number of nitrogens with zero attached hydrogens (tertiary/aromatic N) is 2. The third kappa shape index (κ3) is 1.71. The van der Waals surface area contributed by atoms with Gasteiger partial charge in [-0.2, -0.15) is 0 Å². The fraction of sp³-hybridized carbons (Fsp3) is 0.900. The summed E-state index contributed by atoms with van der Waals surface area (Å²) in [7, 11) is 1.86. The molecule has 1 saturated heterocycles. The third-order valence-electron chi connectivity index (χ3n) is 3.18. The Balaban J connectivity index is 2.80. The molecule has 0 aromatic rings. The molecule has 1 atom stereocenters. The number of rotatable bonds is 3. The van der Waals surface area contributed by atoms with Gasteiger partial charge in [0.2, 0.25) is 0 Å². The van der Waals surface area contributed by atoms with E-state index in [-0.39, 0.29) is 11.6 Å². The molecule has 0 spiro atoms. The highest BCUT2D eigenvalue weighted by Gasteiger charge is 2.40. The van der Waals surface area contributed by atoms with Crippen molar-refractivity contribution in [3.8, 4) is 0 Å². The first kappa shape index (κ1) is 11.3. The predicted octanol–water partition coefficient (Wildman–Crippen LogP) is 0.870. The molecule has 14 heavy (non-hydrogen) atoms. The molecule has 1 aliphatic rings. The molecule has 1 unspecified atom stereocenters. The number of carbonyl (C=O) groups is 1. The molecule has 0 aliphatic carbocycles. The van der Waals surface area contributed by atoms with Gasteiger partial charge in [-0.05, 0) is 20.3 Å². The second-order valence-electron chi connectivity index (χ2n) is 4.58. The highest BCUT2D eigenvalue weighted by molar-refractivity contribution is 5.77. The molecule has 1 fully saturated rings. The van der Waals surface area contributed by atoms with Crippen molar-refractivity contribution in [2.24, 2.45) is 5.73 Å². The number of amides is 2. The zero-order valence-electron chi connectivity index (χ0n) is 9.58. The maximum absolute atomic E-state index is 11.9. The Labute approximate surface area is 86.0 Å². The predicted molar refractivity (Wildman–Crippen MR) is 57.1 cm³/mol. The minimum Gasteiger partial charge on any atom is -0.328 e. The second kappa shape index (κ2) is 3.77. The molecule has 4 heteroatoms. The molecule has 0 aromatic carbocycles. The molecule has 2 amide bonds. The largest absolute Gasteiger partial charge is 0.328 e. The number of likely N-dealkylation sites (N-methyl/N-ethyl adjacent to an activating group) is 1. The van der Waals surface area contributed by atoms with Crippen molar-refractivity contribution in [2.75, 3.05) is 20.1 Å². The number of hydrogen-bond donors (Lipinski definition) is 1. The summed E-state index contributed by atoms with van der Waals surface area (Å²) >= 11 is 0. The average molecular weight is 199 g/mol. The molecule has 1 rings (SSSR count). The van der Waals surface area contributed by atoms with Crippen LogP contribution in [-0.4, -0.2) is 47.5 Å². The Morgan fingerprint density at radius 1 is 1.57 bits per heavy atom. The first-order chi connectivity index (χ1) is 6.44. The van der Waals surface area contributed by atoms with E-state index in [0.29, 0.717) is 12.6 Å². The number of hydrogen-bond acceptors (Lipinski definition) is 2. The summed E-state index contributed by atoms with van der Waals surface area (Å²) in [6.45, 7) is 7.43. The Morgan fingerprint density at radius 3 is 2.50 bits per heavy atom. The van der Waals surface area contributed by atoms with E-state index in [2.05, 4.69) is 6.92 Å². The molecular formula is C10H21N3O. The Kier molecular flexibility index (Phi) is 3.04. The zero-order chi connectivity index (χ0) is 10.9. The van der Waals surface area contributed by atoms with Gasteiger partial charge in [-0.25, -0.2) is 4.79 Å². The normalized spacial score (nSPS) is 23.5. The van der Waals surface area contributed by atoms with Crippen LogP contribution >= 0.6 is 0 Å². The smallest absolute Gasteiger partial charge is 0.320 e. The summed E-state index contributed by atoms with van der Waals surface area (Å²) in [6, 6.07) is 0.445. The number of carbonyl (C=O) groups excluding carboxylic acids is 1. The lowest BCUT2D eigenvalue weighted by Gasteiger charge is -2.33. The maximum atomic E-state index is 11.9. The van der Waals surface area contributed by atoms with Crippen molar-refractivity contribution in [3.05, 3.63) is 0 Å². The van der Waals surface area contributed by atoms with Crippen LogP contribution in [0.3, 0.4) is 0 Å². The highest BCUT2D eigenvalue weighted by Crippen LogP contribution is 2.24. The maximum Gasteiger partial charge on any atom is 0.320 e. The van der Waals surface area contributed by atoms with Crippen LogP contribution in [0.15, 0.2) is 0 Å². The summed E-state index contributed by atoms with van der Waals surface area (Å²) in [6.07, 6.45) is 0.999. The number of urea groups is 1. The molecule has 1 heterocycles. The van der Waals surface area contributed by atoms with Crippen molar-refractivity contribution in [1.82, 2.24) is 9.80 Å². The SMILES string of the molecule is CCC1CN(C(C)(C)CN)C(=O)N1C. The fourth-order valence-corrected chi connectivity index (χ4v) is 1.78. The molecule has 1 aliphatic heterocycles. The first-order valence-corrected chi connectivity index (χ1v) is 5.18. The van der Waals surface area contributed by atoms with Crippen LogP contribution in [0.25, 0.3) is 0 Å². The molecule has 0 saturated carbocycles. The number of nitrogens with two attached hydrogens (primary N) is 1. The molecule has 0 radical (unpaired) electrons. The standard InChI is InChI=1S/C10H21N3O/c1-5-8-6-13(9(14)12(8)4)10(2,3)7-11/h8H,5-7,11H2,1-4H3. The lowest BCUT2D eigenvalue weighted by atomic mass is 10.0. The van der Waals surface area contributed by atoms with Gasteiger partial charge in [0.1, 0.15) is 0 Å². The lowest BCUT2D eigenvalue weighted by molar-refractivity contribution is 0.154. The molecular weight excluding hydrogens is 178 g/mol. The summed E-state index contributed by atoms with van der Waals surface area (Å²) in [4.78, 5) is 15.6. The van der Waals surface area contributed by atoms with E-state index in [1.54, 1.807) is 0 Å². The van der Waals surface area contributed by atoms with Crippen molar-refractivity contribution in [2.45, 2.75) is 38.8 Å². The molecule has 2 N–H and O–H groups in total. The Hall–Kier alpha value is -0.770. The minimum atomic E-state index is -0.227. The van der Waals surface area contributed by atoms with Gasteiger partial charge in [0.05, 0.1) is 11.6 Å². The van der Waals surface area contributed by atoms with Gasteiger partial charge in [0, 0.05) is 20.1 Å². The van der Waals surface area contributed by atoms with Crippen LogP contribution in [0.2, 0.25) is 0 Å². The zero-order valence-corrected chi connectivity index (χ0v) is 9.58. The van der Waals surface area contributed by atoms with Crippen LogP contribution in [0, 0.1) is 0 Å². The summed E-state index contributed by atoms with van der Waals surface area (Å²) in [5.41, 5.74) is 5.44. The van der Waals surface area contributed by atoms with Gasteiger partial charge >= 0.3 is 6.03 Å². The second-order valence-corrected chi connectivity index (χ2v) is 4.58. The van der Waals surface area contributed by atoms with Crippen molar-refractivity contribution in [1.29, 1.82) is 0 Å². The van der Waals surface area contributed by atoms with Gasteiger partial charge < -0.3 is 15.5 Å². The summed E-state index contributed by atoms with van der Waals surface area (Å²) in [5, 5.41) is 0. The Bertz CT molecular complexity index is 227. The van der Waals surface area contributed by atoms with Gasteiger partial charge in [0.25, 0.3) is 0 Å².